The molecule has 0 atom stereocenters. The summed E-state index contributed by atoms with van der Waals surface area (Å²) in [6.45, 7) is 0. The molecule has 2 aromatic carbocycles. The van der Waals surface area contributed by atoms with Gasteiger partial charge in [-0.25, -0.2) is 0 Å². The first-order chi connectivity index (χ1) is 10.8. The Morgan fingerprint density at radius 3 is 1.57 bits per heavy atom. The highest BCUT2D eigenvalue weighted by atomic mass is 16.6. The van der Waals surface area contributed by atoms with Gasteiger partial charge in [-0.1, -0.05) is 18.2 Å². The standard InChI is InChI=1S/C6H3N3O7.C6H6O/c10-4-2-1-3(7(11)12)5(8(13)14)6(4)9(15)16;7-6-4-2-1-3-5-6/h1-2,10H;1-5,7H. The summed E-state index contributed by atoms with van der Waals surface area (Å²) in [6.07, 6.45) is 0. The fourth-order valence-electron chi connectivity index (χ4n) is 1.49. The molecule has 120 valence electrons. The third-order valence-electron chi connectivity index (χ3n) is 2.43. The molecular formula is C12H9N3O8. The van der Waals surface area contributed by atoms with E-state index in [0.717, 1.165) is 0 Å². The summed E-state index contributed by atoms with van der Waals surface area (Å²) in [5.74, 6) is -0.676. The lowest BCUT2D eigenvalue weighted by Crippen LogP contribution is -2.01. The van der Waals surface area contributed by atoms with E-state index in [1.54, 1.807) is 24.3 Å². The van der Waals surface area contributed by atoms with Crippen molar-refractivity contribution >= 4 is 17.1 Å². The Hall–Kier alpha value is -3.76. The smallest absolute Gasteiger partial charge is 0.426 e. The average Bonchev–Trinajstić information content (AvgIpc) is 2.47. The predicted octanol–water partition coefficient (Wildman–Crippen LogP) is 2.51. The zero-order valence-electron chi connectivity index (χ0n) is 11.2. The topological polar surface area (TPSA) is 170 Å². The lowest BCUT2D eigenvalue weighted by atomic mass is 10.2. The molecule has 23 heavy (non-hydrogen) atoms. The maximum Gasteiger partial charge on any atom is 0.426 e. The Morgan fingerprint density at radius 2 is 1.22 bits per heavy atom. The summed E-state index contributed by atoms with van der Waals surface area (Å²) in [6, 6.07) is 9.99. The fraction of sp³-hybridized carbons (Fsp3) is 0. The molecule has 0 aliphatic heterocycles. The van der Waals surface area contributed by atoms with Crippen LogP contribution in [0.4, 0.5) is 17.1 Å². The molecule has 11 heteroatoms. The van der Waals surface area contributed by atoms with Crippen LogP contribution in [0.1, 0.15) is 0 Å². The Kier molecular flexibility index (Phi) is 5.49. The SMILES string of the molecule is O=[N+]([O-])c1ccc(O)c([N+](=O)[O-])c1[N+](=O)[O-].Oc1ccccc1. The van der Waals surface area contributed by atoms with Crippen LogP contribution in [0.5, 0.6) is 11.5 Å². The summed E-state index contributed by atoms with van der Waals surface area (Å²) in [5, 5.41) is 49.0. The first-order valence-corrected chi connectivity index (χ1v) is 5.78. The number of benzene rings is 2. The minimum absolute atomic E-state index is 0.322. The van der Waals surface area contributed by atoms with Crippen molar-refractivity contribution in [2.45, 2.75) is 0 Å². The molecule has 0 amide bonds. The lowest BCUT2D eigenvalue weighted by molar-refractivity contribution is -0.441. The van der Waals surface area contributed by atoms with Gasteiger partial charge < -0.3 is 10.2 Å². The van der Waals surface area contributed by atoms with Crippen molar-refractivity contribution in [3.63, 3.8) is 0 Å². The molecule has 0 unspecified atom stereocenters. The van der Waals surface area contributed by atoms with Crippen LogP contribution in [0.25, 0.3) is 0 Å². The second-order valence-corrected chi connectivity index (χ2v) is 3.91. The molecule has 0 aromatic heterocycles. The Bertz CT molecular complexity index is 747. The number of rotatable bonds is 3. The maximum absolute atomic E-state index is 10.5. The van der Waals surface area contributed by atoms with Crippen molar-refractivity contribution in [2.75, 3.05) is 0 Å². The van der Waals surface area contributed by atoms with Crippen LogP contribution in [0.2, 0.25) is 0 Å². The van der Waals surface area contributed by atoms with Crippen molar-refractivity contribution < 1.29 is 25.0 Å². The summed E-state index contributed by atoms with van der Waals surface area (Å²) in [7, 11) is 0. The molecule has 0 radical (unpaired) electrons. The van der Waals surface area contributed by atoms with Crippen molar-refractivity contribution in [3.05, 3.63) is 72.8 Å². The number of phenols is 2. The van der Waals surface area contributed by atoms with E-state index in [4.69, 9.17) is 10.2 Å². The lowest BCUT2D eigenvalue weighted by Gasteiger charge is -1.98. The molecule has 2 aromatic rings. The fourth-order valence-corrected chi connectivity index (χ4v) is 1.49. The Balaban J connectivity index is 0.000000313. The zero-order chi connectivity index (χ0) is 17.6. The van der Waals surface area contributed by atoms with E-state index in [2.05, 4.69) is 0 Å². The van der Waals surface area contributed by atoms with Crippen LogP contribution in [0, 0.1) is 30.3 Å². The number of nitrogens with zero attached hydrogens (tertiary/aromatic N) is 3. The van der Waals surface area contributed by atoms with Crippen LogP contribution in [-0.4, -0.2) is 25.0 Å². The summed E-state index contributed by atoms with van der Waals surface area (Å²) in [5.41, 5.74) is -3.68. The van der Waals surface area contributed by atoms with Crippen LogP contribution in [0.15, 0.2) is 42.5 Å². The average molecular weight is 323 g/mol. The molecular weight excluding hydrogens is 314 g/mol. The van der Waals surface area contributed by atoms with Gasteiger partial charge in [0.2, 0.25) is 5.75 Å². The van der Waals surface area contributed by atoms with Gasteiger partial charge >= 0.3 is 17.1 Å². The van der Waals surface area contributed by atoms with E-state index < -0.39 is 37.6 Å². The van der Waals surface area contributed by atoms with E-state index in [0.29, 0.717) is 17.9 Å². The van der Waals surface area contributed by atoms with Gasteiger partial charge in [0, 0.05) is 6.07 Å². The highest BCUT2D eigenvalue weighted by Crippen LogP contribution is 2.41. The predicted molar refractivity (Wildman–Crippen MR) is 76.2 cm³/mol. The molecule has 0 spiro atoms. The van der Waals surface area contributed by atoms with E-state index in [9.17, 15) is 30.3 Å². The zero-order valence-corrected chi connectivity index (χ0v) is 11.2. The van der Waals surface area contributed by atoms with Gasteiger partial charge in [-0.2, -0.15) is 0 Å². The molecule has 2 N–H and O–H groups in total. The largest absolute Gasteiger partial charge is 0.508 e. The number of hydrogen-bond acceptors (Lipinski definition) is 8. The van der Waals surface area contributed by atoms with E-state index >= 15 is 0 Å². The van der Waals surface area contributed by atoms with Crippen LogP contribution in [-0.2, 0) is 0 Å². The number of nitro groups is 3. The third-order valence-corrected chi connectivity index (χ3v) is 2.43. The van der Waals surface area contributed by atoms with Crippen molar-refractivity contribution in [2.24, 2.45) is 0 Å². The molecule has 0 heterocycles. The molecule has 0 aliphatic rings. The molecule has 0 saturated carbocycles. The monoisotopic (exact) mass is 323 g/mol. The van der Waals surface area contributed by atoms with Crippen LogP contribution >= 0.6 is 0 Å². The van der Waals surface area contributed by atoms with Gasteiger partial charge in [0.15, 0.2) is 0 Å². The molecule has 11 nitrogen and oxygen atoms in total. The number of aromatic hydroxyl groups is 2. The van der Waals surface area contributed by atoms with Crippen LogP contribution < -0.4 is 0 Å². The summed E-state index contributed by atoms with van der Waals surface area (Å²) in [4.78, 5) is 27.7. The van der Waals surface area contributed by atoms with Crippen LogP contribution in [0.3, 0.4) is 0 Å². The first-order valence-electron chi connectivity index (χ1n) is 5.78. The van der Waals surface area contributed by atoms with Crippen molar-refractivity contribution in [3.8, 4) is 11.5 Å². The minimum Gasteiger partial charge on any atom is -0.508 e. The molecule has 0 saturated heterocycles. The third kappa shape index (κ3) is 4.35. The van der Waals surface area contributed by atoms with Crippen molar-refractivity contribution in [1.82, 2.24) is 0 Å². The highest BCUT2D eigenvalue weighted by molar-refractivity contribution is 5.71. The van der Waals surface area contributed by atoms with E-state index in [1.165, 1.54) is 0 Å². The normalized spacial score (nSPS) is 9.39. The second-order valence-electron chi connectivity index (χ2n) is 3.91. The molecule has 0 aliphatic carbocycles. The molecule has 2 rings (SSSR count). The number of hydrogen-bond donors (Lipinski definition) is 2. The summed E-state index contributed by atoms with van der Waals surface area (Å²) < 4.78 is 0. The minimum atomic E-state index is -1.34. The van der Waals surface area contributed by atoms with Gasteiger partial charge in [-0.05, 0) is 18.2 Å². The quantitative estimate of drug-likeness (QED) is 0.640. The summed E-state index contributed by atoms with van der Waals surface area (Å²) >= 11 is 0. The number of nitro benzene ring substituents is 3. The second kappa shape index (κ2) is 7.31. The van der Waals surface area contributed by atoms with Gasteiger partial charge in [0.05, 0.1) is 14.8 Å². The molecule has 0 fully saturated rings. The van der Waals surface area contributed by atoms with E-state index in [-0.39, 0.29) is 0 Å². The first kappa shape index (κ1) is 17.3. The van der Waals surface area contributed by atoms with Crippen molar-refractivity contribution in [1.29, 1.82) is 0 Å². The number of para-hydroxylation sites is 1. The van der Waals surface area contributed by atoms with Gasteiger partial charge in [0.25, 0.3) is 0 Å². The molecule has 0 bridgehead atoms. The Morgan fingerprint density at radius 1 is 0.696 bits per heavy atom. The van der Waals surface area contributed by atoms with Gasteiger partial charge in [0.1, 0.15) is 5.75 Å². The Labute approximate surface area is 127 Å². The van der Waals surface area contributed by atoms with E-state index in [1.807, 2.05) is 6.07 Å². The number of phenolic OH excluding ortho intramolecular Hbond substituents is 2. The maximum atomic E-state index is 10.5. The highest BCUT2D eigenvalue weighted by Gasteiger charge is 2.38. The van der Waals surface area contributed by atoms with Gasteiger partial charge in [-0.3, -0.25) is 30.3 Å². The van der Waals surface area contributed by atoms with Gasteiger partial charge in [-0.15, -0.1) is 0 Å².